The van der Waals surface area contributed by atoms with Crippen molar-refractivity contribution < 1.29 is 19.4 Å². The number of aliphatic hydroxyl groups is 1. The molecule has 0 spiro atoms. The van der Waals surface area contributed by atoms with Crippen LogP contribution in [0, 0.1) is 0 Å². The maximum Gasteiger partial charge on any atom is 0.150 e. The summed E-state index contributed by atoms with van der Waals surface area (Å²) >= 11 is 6.14. The highest BCUT2D eigenvalue weighted by molar-refractivity contribution is 6.32. The predicted molar refractivity (Wildman–Crippen MR) is 114 cm³/mol. The highest BCUT2D eigenvalue weighted by Gasteiger charge is 2.37. The summed E-state index contributed by atoms with van der Waals surface area (Å²) in [6.45, 7) is 3.03. The summed E-state index contributed by atoms with van der Waals surface area (Å²) in [6, 6.07) is 13.1. The van der Waals surface area contributed by atoms with E-state index in [1.807, 2.05) is 6.07 Å². The Hall–Kier alpha value is -1.92. The van der Waals surface area contributed by atoms with Gasteiger partial charge in [-0.1, -0.05) is 41.9 Å². The Balaban J connectivity index is 0.000000169. The average Bonchev–Trinajstić information content (AvgIpc) is 2.73. The van der Waals surface area contributed by atoms with E-state index in [0.717, 1.165) is 22.6 Å². The summed E-state index contributed by atoms with van der Waals surface area (Å²) in [5.41, 5.74) is 1.94. The second kappa shape index (κ2) is 9.72. The van der Waals surface area contributed by atoms with Crippen LogP contribution in [-0.4, -0.2) is 56.8 Å². The van der Waals surface area contributed by atoms with Gasteiger partial charge < -0.3 is 19.5 Å². The number of likely N-dealkylation sites (tertiary alicyclic amines) is 1. The Kier molecular flexibility index (Phi) is 7.30. The summed E-state index contributed by atoms with van der Waals surface area (Å²) in [4.78, 5) is 12.7. The number of carbonyl (C=O) groups excluding carboxylic acids is 1. The van der Waals surface area contributed by atoms with E-state index >= 15 is 0 Å². The number of carbonyl (C=O) groups is 1. The molecule has 2 aliphatic heterocycles. The highest BCUT2D eigenvalue weighted by atomic mass is 35.5. The molecular weight excluding hydrogens is 390 g/mol. The van der Waals surface area contributed by atoms with E-state index in [4.69, 9.17) is 21.1 Å². The van der Waals surface area contributed by atoms with Crippen LogP contribution in [0.1, 0.15) is 40.2 Å². The molecular formula is C23H28ClNO4. The molecule has 2 aromatic carbocycles. The Bertz CT molecular complexity index is 812. The van der Waals surface area contributed by atoms with Crippen LogP contribution in [0.15, 0.2) is 42.5 Å². The van der Waals surface area contributed by atoms with Crippen molar-refractivity contribution >= 4 is 17.9 Å². The van der Waals surface area contributed by atoms with Crippen LogP contribution in [0.4, 0.5) is 0 Å². The summed E-state index contributed by atoms with van der Waals surface area (Å²) in [5.74, 6) is 1.41. The minimum Gasteiger partial charge on any atom is -0.495 e. The zero-order valence-electron chi connectivity index (χ0n) is 16.9. The molecule has 156 valence electrons. The highest BCUT2D eigenvalue weighted by Crippen LogP contribution is 2.33. The molecule has 0 unspecified atom stereocenters. The monoisotopic (exact) mass is 417 g/mol. The fourth-order valence-corrected chi connectivity index (χ4v) is 3.88. The normalized spacial score (nSPS) is 18.9. The molecule has 2 aliphatic rings. The third-order valence-corrected chi connectivity index (χ3v) is 5.93. The minimum atomic E-state index is -0.832. The van der Waals surface area contributed by atoms with E-state index in [9.17, 15) is 9.90 Å². The first-order valence-electron chi connectivity index (χ1n) is 9.83. The van der Waals surface area contributed by atoms with Gasteiger partial charge in [0, 0.05) is 5.56 Å². The summed E-state index contributed by atoms with van der Waals surface area (Å²) in [5, 5.41) is 10.6. The molecule has 0 radical (unpaired) electrons. The van der Waals surface area contributed by atoms with Crippen LogP contribution in [0.3, 0.4) is 0 Å². The van der Waals surface area contributed by atoms with Gasteiger partial charge in [-0.05, 0) is 62.2 Å². The largest absolute Gasteiger partial charge is 0.495 e. The van der Waals surface area contributed by atoms with E-state index in [1.54, 1.807) is 31.4 Å². The molecule has 0 amide bonds. The van der Waals surface area contributed by atoms with Crippen LogP contribution in [0.2, 0.25) is 5.02 Å². The molecule has 0 atom stereocenters. The molecule has 4 rings (SSSR count). The SMILES string of the molecule is COc1ccc(C2CCN(C)CC2)cc1Cl.O=Cc1ccc(C2(O)COC2)cc1. The first-order valence-corrected chi connectivity index (χ1v) is 10.2. The molecule has 0 bridgehead atoms. The quantitative estimate of drug-likeness (QED) is 0.765. The summed E-state index contributed by atoms with van der Waals surface area (Å²) in [7, 11) is 3.83. The standard InChI is InChI=1S/C13H18ClNO.C10H10O3/c1-15-7-5-10(6-8-15)11-3-4-13(16-2)12(14)9-11;11-5-8-1-3-9(4-2-8)10(12)6-13-7-10/h3-4,9-10H,5-8H2,1-2H3;1-5,12H,6-7H2. The van der Waals surface area contributed by atoms with Crippen LogP contribution in [-0.2, 0) is 10.3 Å². The predicted octanol–water partition coefficient (Wildman–Crippen LogP) is 3.87. The smallest absolute Gasteiger partial charge is 0.150 e. The van der Waals surface area contributed by atoms with Gasteiger partial charge in [0.05, 0.1) is 25.3 Å². The second-order valence-corrected chi connectivity index (χ2v) is 8.14. The number of hydrogen-bond acceptors (Lipinski definition) is 5. The third kappa shape index (κ3) is 5.37. The van der Waals surface area contributed by atoms with Gasteiger partial charge in [0.1, 0.15) is 17.6 Å². The van der Waals surface area contributed by atoms with Crippen molar-refractivity contribution in [2.24, 2.45) is 0 Å². The van der Waals surface area contributed by atoms with Gasteiger partial charge in [0.15, 0.2) is 0 Å². The van der Waals surface area contributed by atoms with Crippen LogP contribution in [0.25, 0.3) is 0 Å². The number of benzene rings is 2. The second-order valence-electron chi connectivity index (χ2n) is 7.74. The van der Waals surface area contributed by atoms with E-state index in [2.05, 4.69) is 24.1 Å². The Labute approximate surface area is 177 Å². The van der Waals surface area contributed by atoms with Crippen molar-refractivity contribution in [1.29, 1.82) is 0 Å². The number of ether oxygens (including phenoxy) is 2. The molecule has 0 aliphatic carbocycles. The number of piperidine rings is 1. The Morgan fingerprint density at radius 2 is 1.83 bits per heavy atom. The summed E-state index contributed by atoms with van der Waals surface area (Å²) < 4.78 is 10.1. The molecule has 0 aromatic heterocycles. The lowest BCUT2D eigenvalue weighted by atomic mass is 9.89. The lowest BCUT2D eigenvalue weighted by Crippen LogP contribution is -2.46. The molecule has 2 saturated heterocycles. The van der Waals surface area contributed by atoms with E-state index in [-0.39, 0.29) is 0 Å². The molecule has 29 heavy (non-hydrogen) atoms. The van der Waals surface area contributed by atoms with Crippen molar-refractivity contribution in [3.05, 3.63) is 64.2 Å². The lowest BCUT2D eigenvalue weighted by molar-refractivity contribution is -0.184. The number of halogens is 1. The molecule has 1 N–H and O–H groups in total. The Morgan fingerprint density at radius 1 is 1.17 bits per heavy atom. The molecule has 0 saturated carbocycles. The number of aldehydes is 1. The first-order chi connectivity index (χ1) is 13.9. The zero-order chi connectivity index (χ0) is 20.9. The fourth-order valence-electron chi connectivity index (χ4n) is 3.61. The lowest BCUT2D eigenvalue weighted by Gasteiger charge is -2.36. The van der Waals surface area contributed by atoms with Gasteiger partial charge in [-0.25, -0.2) is 0 Å². The van der Waals surface area contributed by atoms with Gasteiger partial charge in [-0.2, -0.15) is 0 Å². The van der Waals surface area contributed by atoms with Crippen molar-refractivity contribution in [1.82, 2.24) is 4.90 Å². The van der Waals surface area contributed by atoms with Crippen LogP contribution < -0.4 is 4.74 Å². The van der Waals surface area contributed by atoms with Gasteiger partial charge in [-0.3, -0.25) is 4.79 Å². The average molecular weight is 418 g/mol. The molecule has 2 aromatic rings. The maximum atomic E-state index is 10.4. The van der Waals surface area contributed by atoms with Crippen molar-refractivity contribution in [3.63, 3.8) is 0 Å². The number of rotatable bonds is 4. The van der Waals surface area contributed by atoms with E-state index in [1.165, 1.54) is 31.5 Å². The zero-order valence-corrected chi connectivity index (χ0v) is 17.7. The molecule has 2 heterocycles. The van der Waals surface area contributed by atoms with Crippen molar-refractivity contribution in [3.8, 4) is 5.75 Å². The Morgan fingerprint density at radius 3 is 2.31 bits per heavy atom. The van der Waals surface area contributed by atoms with E-state index in [0.29, 0.717) is 24.7 Å². The first kappa shape index (κ1) is 21.8. The summed E-state index contributed by atoms with van der Waals surface area (Å²) in [6.07, 6.45) is 3.23. The molecule has 5 nitrogen and oxygen atoms in total. The molecule has 6 heteroatoms. The molecule has 2 fully saturated rings. The number of methoxy groups -OCH3 is 1. The van der Waals surface area contributed by atoms with E-state index < -0.39 is 5.60 Å². The number of hydrogen-bond donors (Lipinski definition) is 1. The van der Waals surface area contributed by atoms with Crippen LogP contribution in [0.5, 0.6) is 5.75 Å². The van der Waals surface area contributed by atoms with Gasteiger partial charge in [-0.15, -0.1) is 0 Å². The van der Waals surface area contributed by atoms with Crippen LogP contribution >= 0.6 is 11.6 Å². The van der Waals surface area contributed by atoms with Gasteiger partial charge in [0.25, 0.3) is 0 Å². The maximum absolute atomic E-state index is 10.4. The fraction of sp³-hybridized carbons (Fsp3) is 0.435. The van der Waals surface area contributed by atoms with Gasteiger partial charge in [0.2, 0.25) is 0 Å². The van der Waals surface area contributed by atoms with Crippen molar-refractivity contribution in [2.45, 2.75) is 24.4 Å². The van der Waals surface area contributed by atoms with Gasteiger partial charge >= 0.3 is 0 Å². The topological polar surface area (TPSA) is 59.0 Å². The third-order valence-electron chi connectivity index (χ3n) is 5.63. The minimum absolute atomic E-state index is 0.341. The van der Waals surface area contributed by atoms with Crippen molar-refractivity contribution in [2.75, 3.05) is 40.5 Å². The number of nitrogens with zero attached hydrogens (tertiary/aromatic N) is 1.